The second-order valence-corrected chi connectivity index (χ2v) is 7.92. The van der Waals surface area contributed by atoms with E-state index in [1.807, 2.05) is 0 Å². The van der Waals surface area contributed by atoms with Crippen molar-refractivity contribution in [2.45, 2.75) is 9.79 Å². The van der Waals surface area contributed by atoms with E-state index in [0.29, 0.717) is 5.39 Å². The summed E-state index contributed by atoms with van der Waals surface area (Å²) in [5, 5.41) is 15.1. The predicted molar refractivity (Wildman–Crippen MR) is 93.2 cm³/mol. The molecule has 0 radical (unpaired) electrons. The van der Waals surface area contributed by atoms with Crippen molar-refractivity contribution in [3.8, 4) is 5.75 Å². The highest BCUT2D eigenvalue weighted by Gasteiger charge is 2.15. The largest absolute Gasteiger partial charge is 0.507 e. The number of hydrogen-bond donors (Lipinski definition) is 3. The standard InChI is InChI=1S/C10H8O4S.C6H7NO2S/c11-8-5-1-3-7-4-2-6-9(10(7)8)15(12,13)14;7-10(8,9)6-4-2-1-3-5-6/h1-6,11H,(H,12,13,14);1-5H,(H2,7,8,9). The SMILES string of the molecule is NS(=O)(=O)c1ccccc1.O=S(=O)(O)c1cccc2cccc(O)c12. The van der Waals surface area contributed by atoms with Gasteiger partial charge in [-0.3, -0.25) is 4.55 Å². The van der Waals surface area contributed by atoms with Gasteiger partial charge < -0.3 is 5.11 Å². The second-order valence-electron chi connectivity index (χ2n) is 4.96. The molecular formula is C16H15NO6S2. The maximum Gasteiger partial charge on any atom is 0.295 e. The van der Waals surface area contributed by atoms with Crippen molar-refractivity contribution in [2.24, 2.45) is 5.14 Å². The number of phenols is 1. The van der Waals surface area contributed by atoms with Crippen molar-refractivity contribution >= 4 is 30.9 Å². The molecule has 132 valence electrons. The van der Waals surface area contributed by atoms with Crippen LogP contribution in [-0.4, -0.2) is 26.5 Å². The lowest BCUT2D eigenvalue weighted by molar-refractivity contribution is 0.474. The van der Waals surface area contributed by atoms with Crippen LogP contribution in [0.4, 0.5) is 0 Å². The highest BCUT2D eigenvalue weighted by Crippen LogP contribution is 2.30. The molecule has 4 N–H and O–H groups in total. The normalized spacial score (nSPS) is 11.6. The maximum atomic E-state index is 11.0. The zero-order valence-corrected chi connectivity index (χ0v) is 14.4. The van der Waals surface area contributed by atoms with E-state index in [-0.39, 0.29) is 20.9 Å². The van der Waals surface area contributed by atoms with Crippen LogP contribution in [0.15, 0.2) is 76.5 Å². The molecule has 25 heavy (non-hydrogen) atoms. The molecule has 0 atom stereocenters. The summed E-state index contributed by atoms with van der Waals surface area (Å²) in [7, 11) is -7.81. The van der Waals surface area contributed by atoms with Crippen LogP contribution in [0, 0.1) is 0 Å². The zero-order chi connectivity index (χ0) is 18.7. The Morgan fingerprint density at radius 1 is 0.760 bits per heavy atom. The van der Waals surface area contributed by atoms with Gasteiger partial charge in [-0.15, -0.1) is 0 Å². The fraction of sp³-hybridized carbons (Fsp3) is 0. The number of sulfonamides is 1. The highest BCUT2D eigenvalue weighted by atomic mass is 32.2. The molecule has 3 rings (SSSR count). The monoisotopic (exact) mass is 381 g/mol. The molecule has 3 aromatic rings. The van der Waals surface area contributed by atoms with Gasteiger partial charge in [-0.05, 0) is 29.7 Å². The molecule has 3 aromatic carbocycles. The summed E-state index contributed by atoms with van der Waals surface area (Å²) in [4.78, 5) is -0.131. The molecule has 0 aromatic heterocycles. The zero-order valence-electron chi connectivity index (χ0n) is 12.8. The smallest absolute Gasteiger partial charge is 0.295 e. The number of phenolic OH excluding ortho intramolecular Hbond substituents is 1. The third kappa shape index (κ3) is 4.77. The van der Waals surface area contributed by atoms with Crippen LogP contribution >= 0.6 is 0 Å². The molecule has 0 heterocycles. The Bertz CT molecular complexity index is 1090. The van der Waals surface area contributed by atoms with E-state index >= 15 is 0 Å². The van der Waals surface area contributed by atoms with Gasteiger partial charge in [-0.1, -0.05) is 42.5 Å². The number of nitrogens with two attached hydrogens (primary N) is 1. The van der Waals surface area contributed by atoms with E-state index < -0.39 is 20.1 Å². The van der Waals surface area contributed by atoms with Gasteiger partial charge in [-0.25, -0.2) is 13.6 Å². The molecule has 0 aliphatic carbocycles. The second kappa shape index (κ2) is 7.19. The van der Waals surface area contributed by atoms with Crippen molar-refractivity contribution in [1.29, 1.82) is 0 Å². The topological polar surface area (TPSA) is 135 Å². The molecule has 0 aliphatic heterocycles. The molecule has 0 aliphatic rings. The minimum absolute atomic E-state index is 0.141. The summed E-state index contributed by atoms with van der Waals surface area (Å²) in [6, 6.07) is 16.9. The Labute approximate surface area is 145 Å². The van der Waals surface area contributed by atoms with Crippen molar-refractivity contribution in [3.05, 3.63) is 66.7 Å². The van der Waals surface area contributed by atoms with Crippen LogP contribution < -0.4 is 5.14 Å². The van der Waals surface area contributed by atoms with Crippen molar-refractivity contribution in [3.63, 3.8) is 0 Å². The third-order valence-electron chi connectivity index (χ3n) is 3.19. The Morgan fingerprint density at radius 3 is 1.80 bits per heavy atom. The lowest BCUT2D eigenvalue weighted by Crippen LogP contribution is -2.11. The molecule has 0 saturated carbocycles. The average molecular weight is 381 g/mol. The number of hydrogen-bond acceptors (Lipinski definition) is 5. The number of fused-ring (bicyclic) bond motifs is 1. The van der Waals surface area contributed by atoms with Crippen molar-refractivity contribution < 1.29 is 26.5 Å². The maximum absolute atomic E-state index is 11.0. The van der Waals surface area contributed by atoms with E-state index in [4.69, 9.17) is 9.69 Å². The van der Waals surface area contributed by atoms with Crippen LogP contribution in [0.2, 0.25) is 0 Å². The lowest BCUT2D eigenvalue weighted by atomic mass is 10.1. The van der Waals surface area contributed by atoms with Gasteiger partial charge in [0, 0.05) is 5.39 Å². The average Bonchev–Trinajstić information content (AvgIpc) is 2.54. The first-order chi connectivity index (χ1) is 11.6. The Morgan fingerprint density at radius 2 is 1.32 bits per heavy atom. The van der Waals surface area contributed by atoms with Crippen LogP contribution in [-0.2, 0) is 20.1 Å². The lowest BCUT2D eigenvalue weighted by Gasteiger charge is -2.04. The van der Waals surface area contributed by atoms with Gasteiger partial charge in [-0.2, -0.15) is 8.42 Å². The first-order valence-electron chi connectivity index (χ1n) is 6.87. The highest BCUT2D eigenvalue weighted by molar-refractivity contribution is 7.89. The van der Waals surface area contributed by atoms with E-state index in [9.17, 15) is 21.9 Å². The summed E-state index contributed by atoms with van der Waals surface area (Å²) in [6.45, 7) is 0. The molecule has 0 saturated heterocycles. The number of rotatable bonds is 2. The van der Waals surface area contributed by atoms with Crippen LogP contribution in [0.25, 0.3) is 10.8 Å². The van der Waals surface area contributed by atoms with Gasteiger partial charge in [0.25, 0.3) is 10.1 Å². The molecule has 0 bridgehead atoms. The number of primary sulfonamides is 1. The summed E-state index contributed by atoms with van der Waals surface area (Å²) < 4.78 is 52.3. The van der Waals surface area contributed by atoms with Gasteiger partial charge in [0.1, 0.15) is 10.6 Å². The Kier molecular flexibility index (Phi) is 5.43. The van der Waals surface area contributed by atoms with Gasteiger partial charge in [0.05, 0.1) is 4.90 Å². The van der Waals surface area contributed by atoms with Crippen LogP contribution in [0.5, 0.6) is 5.75 Å². The van der Waals surface area contributed by atoms with Crippen molar-refractivity contribution in [2.75, 3.05) is 0 Å². The van der Waals surface area contributed by atoms with E-state index in [1.165, 1.54) is 30.3 Å². The van der Waals surface area contributed by atoms with Crippen LogP contribution in [0.3, 0.4) is 0 Å². The molecule has 9 heteroatoms. The van der Waals surface area contributed by atoms with Gasteiger partial charge in [0.2, 0.25) is 10.0 Å². The van der Waals surface area contributed by atoms with E-state index in [1.54, 1.807) is 36.4 Å². The molecule has 0 fully saturated rings. The summed E-state index contributed by atoms with van der Waals surface area (Å²) in [5.41, 5.74) is 0. The predicted octanol–water partition coefficient (Wildman–Crippen LogP) is 2.13. The quantitative estimate of drug-likeness (QED) is 0.582. The molecule has 0 spiro atoms. The summed E-state index contributed by atoms with van der Waals surface area (Å²) in [6.07, 6.45) is 0. The third-order valence-corrected chi connectivity index (χ3v) is 5.02. The summed E-state index contributed by atoms with van der Waals surface area (Å²) in [5.74, 6) is -0.166. The van der Waals surface area contributed by atoms with Crippen molar-refractivity contribution in [1.82, 2.24) is 0 Å². The first-order valence-corrected chi connectivity index (χ1v) is 9.85. The molecule has 0 amide bonds. The number of aromatic hydroxyl groups is 1. The summed E-state index contributed by atoms with van der Waals surface area (Å²) >= 11 is 0. The fourth-order valence-corrected chi connectivity index (χ4v) is 3.38. The minimum Gasteiger partial charge on any atom is -0.507 e. The molecular weight excluding hydrogens is 366 g/mol. The number of benzene rings is 3. The van der Waals surface area contributed by atoms with Gasteiger partial charge in [0.15, 0.2) is 0 Å². The minimum atomic E-state index is -4.31. The van der Waals surface area contributed by atoms with E-state index in [0.717, 1.165) is 0 Å². The molecule has 7 nitrogen and oxygen atoms in total. The first kappa shape index (κ1) is 18.9. The molecule has 0 unspecified atom stereocenters. The van der Waals surface area contributed by atoms with Crippen LogP contribution in [0.1, 0.15) is 0 Å². The Balaban J connectivity index is 0.000000196. The van der Waals surface area contributed by atoms with E-state index in [2.05, 4.69) is 0 Å². The van der Waals surface area contributed by atoms with Gasteiger partial charge >= 0.3 is 0 Å². The Hall–Kier alpha value is -2.46. The fourth-order valence-electron chi connectivity index (χ4n) is 2.11.